The molecule has 0 aliphatic carbocycles. The zero-order chi connectivity index (χ0) is 18.5. The van der Waals surface area contributed by atoms with Crippen molar-refractivity contribution < 1.29 is 4.42 Å². The van der Waals surface area contributed by atoms with E-state index < -0.39 is 0 Å². The molecule has 2 aromatic carbocycles. The van der Waals surface area contributed by atoms with E-state index in [-0.39, 0.29) is 6.04 Å². The van der Waals surface area contributed by atoms with Gasteiger partial charge in [-0.2, -0.15) is 0 Å². The predicted molar refractivity (Wildman–Crippen MR) is 106 cm³/mol. The summed E-state index contributed by atoms with van der Waals surface area (Å²) in [6.07, 6.45) is 2.64. The monoisotopic (exact) mass is 362 g/mol. The van der Waals surface area contributed by atoms with Crippen molar-refractivity contribution in [3.05, 3.63) is 71.6 Å². The highest BCUT2D eigenvalue weighted by Crippen LogP contribution is 2.21. The summed E-state index contributed by atoms with van der Waals surface area (Å²) in [7, 11) is 0. The van der Waals surface area contributed by atoms with Gasteiger partial charge < -0.3 is 9.73 Å². The molecule has 0 amide bonds. The van der Waals surface area contributed by atoms with Crippen LogP contribution in [-0.4, -0.2) is 28.2 Å². The summed E-state index contributed by atoms with van der Waals surface area (Å²) < 4.78 is 5.86. The van der Waals surface area contributed by atoms with Gasteiger partial charge in [0.2, 0.25) is 11.8 Å². The first-order chi connectivity index (χ1) is 13.3. The van der Waals surface area contributed by atoms with E-state index in [9.17, 15) is 0 Å². The molecular formula is C22H26N4O. The smallest absolute Gasteiger partial charge is 0.247 e. The first kappa shape index (κ1) is 17.9. The summed E-state index contributed by atoms with van der Waals surface area (Å²) in [5, 5.41) is 11.9. The number of rotatable bonds is 7. The van der Waals surface area contributed by atoms with E-state index in [0.29, 0.717) is 11.8 Å². The highest BCUT2D eigenvalue weighted by atomic mass is 16.4. The van der Waals surface area contributed by atoms with Crippen LogP contribution < -0.4 is 5.32 Å². The van der Waals surface area contributed by atoms with Crippen molar-refractivity contribution >= 4 is 0 Å². The molecule has 4 rings (SSSR count). The third-order valence-corrected chi connectivity index (χ3v) is 5.14. The number of aromatic nitrogens is 2. The molecular weight excluding hydrogens is 336 g/mol. The van der Waals surface area contributed by atoms with E-state index in [1.165, 1.54) is 37.1 Å². The Bertz CT molecular complexity index is 856. The highest BCUT2D eigenvalue weighted by Gasteiger charge is 2.16. The van der Waals surface area contributed by atoms with Crippen LogP contribution in [0, 0.1) is 0 Å². The Labute approximate surface area is 160 Å². The van der Waals surface area contributed by atoms with Crippen LogP contribution in [0.1, 0.15) is 42.8 Å². The summed E-state index contributed by atoms with van der Waals surface area (Å²) in [5.41, 5.74) is 3.67. The van der Waals surface area contributed by atoms with Crippen LogP contribution in [0.3, 0.4) is 0 Å². The van der Waals surface area contributed by atoms with Gasteiger partial charge in [-0.25, -0.2) is 0 Å². The lowest BCUT2D eigenvalue weighted by molar-refractivity contribution is 0.329. The average Bonchev–Trinajstić information content (AvgIpc) is 3.40. The quantitative estimate of drug-likeness (QED) is 0.683. The lowest BCUT2D eigenvalue weighted by Gasteiger charge is -2.18. The van der Waals surface area contributed by atoms with Crippen LogP contribution in [0.5, 0.6) is 0 Å². The highest BCUT2D eigenvalue weighted by molar-refractivity contribution is 5.51. The van der Waals surface area contributed by atoms with Crippen LogP contribution in [0.15, 0.2) is 59.0 Å². The van der Waals surface area contributed by atoms with Gasteiger partial charge in [-0.3, -0.25) is 4.90 Å². The topological polar surface area (TPSA) is 54.2 Å². The van der Waals surface area contributed by atoms with Crippen molar-refractivity contribution in [1.82, 2.24) is 20.4 Å². The van der Waals surface area contributed by atoms with Gasteiger partial charge in [-0.15, -0.1) is 10.2 Å². The molecule has 0 unspecified atom stereocenters. The molecule has 1 aromatic heterocycles. The minimum Gasteiger partial charge on any atom is -0.419 e. The van der Waals surface area contributed by atoms with E-state index in [4.69, 9.17) is 4.42 Å². The lowest BCUT2D eigenvalue weighted by Crippen LogP contribution is -2.22. The molecule has 3 aromatic rings. The zero-order valence-corrected chi connectivity index (χ0v) is 15.8. The summed E-state index contributed by atoms with van der Waals surface area (Å²) in [5.74, 6) is 1.18. The Kier molecular flexibility index (Phi) is 5.61. The largest absolute Gasteiger partial charge is 0.419 e. The normalized spacial score (nSPS) is 15.9. The average molecular weight is 362 g/mol. The second-order valence-electron chi connectivity index (χ2n) is 7.17. The fourth-order valence-electron chi connectivity index (χ4n) is 3.52. The molecule has 1 aliphatic heterocycles. The lowest BCUT2D eigenvalue weighted by atomic mass is 10.1. The van der Waals surface area contributed by atoms with Crippen LogP contribution in [0.25, 0.3) is 11.5 Å². The Morgan fingerprint density at radius 2 is 1.67 bits per heavy atom. The molecule has 1 fully saturated rings. The molecule has 0 spiro atoms. The molecule has 5 heteroatoms. The van der Waals surface area contributed by atoms with Gasteiger partial charge in [-0.05, 0) is 56.1 Å². The maximum Gasteiger partial charge on any atom is 0.247 e. The van der Waals surface area contributed by atoms with E-state index in [1.807, 2.05) is 30.3 Å². The van der Waals surface area contributed by atoms with Gasteiger partial charge in [0.15, 0.2) is 0 Å². The van der Waals surface area contributed by atoms with Gasteiger partial charge in [0.05, 0.1) is 6.04 Å². The number of nitrogens with one attached hydrogen (secondary N) is 1. The Morgan fingerprint density at radius 1 is 0.963 bits per heavy atom. The Morgan fingerprint density at radius 3 is 2.44 bits per heavy atom. The third kappa shape index (κ3) is 4.43. The van der Waals surface area contributed by atoms with Gasteiger partial charge in [0.25, 0.3) is 0 Å². The molecule has 2 heterocycles. The molecule has 0 bridgehead atoms. The maximum absolute atomic E-state index is 5.86. The second kappa shape index (κ2) is 8.46. The van der Waals surface area contributed by atoms with E-state index >= 15 is 0 Å². The third-order valence-electron chi connectivity index (χ3n) is 5.14. The van der Waals surface area contributed by atoms with Crippen molar-refractivity contribution in [3.8, 4) is 11.5 Å². The van der Waals surface area contributed by atoms with Crippen molar-refractivity contribution in [2.45, 2.75) is 38.9 Å². The molecule has 140 valence electrons. The van der Waals surface area contributed by atoms with Crippen LogP contribution in [0.2, 0.25) is 0 Å². The fraction of sp³-hybridized carbons (Fsp3) is 0.364. The number of hydrogen-bond acceptors (Lipinski definition) is 5. The van der Waals surface area contributed by atoms with Crippen molar-refractivity contribution in [1.29, 1.82) is 0 Å². The van der Waals surface area contributed by atoms with Crippen molar-refractivity contribution in [2.75, 3.05) is 13.1 Å². The van der Waals surface area contributed by atoms with Crippen LogP contribution in [-0.2, 0) is 13.1 Å². The summed E-state index contributed by atoms with van der Waals surface area (Å²) in [6, 6.07) is 18.5. The molecule has 1 atom stereocenters. The SMILES string of the molecule is C[C@@H](NCc1ccccc1CN1CCCC1)c1nnc(-c2ccccc2)o1. The summed E-state index contributed by atoms with van der Waals surface area (Å²) >= 11 is 0. The van der Waals surface area contributed by atoms with Crippen LogP contribution >= 0.6 is 0 Å². The minimum atomic E-state index is -0.00481. The second-order valence-corrected chi connectivity index (χ2v) is 7.17. The molecule has 1 saturated heterocycles. The number of likely N-dealkylation sites (tertiary alicyclic amines) is 1. The Hall–Kier alpha value is -2.50. The van der Waals surface area contributed by atoms with Gasteiger partial charge in [-0.1, -0.05) is 42.5 Å². The summed E-state index contributed by atoms with van der Waals surface area (Å²) in [6.45, 7) is 6.30. The number of nitrogens with zero attached hydrogens (tertiary/aromatic N) is 3. The van der Waals surface area contributed by atoms with Gasteiger partial charge in [0.1, 0.15) is 0 Å². The molecule has 0 radical (unpaired) electrons. The molecule has 1 aliphatic rings. The zero-order valence-electron chi connectivity index (χ0n) is 15.8. The minimum absolute atomic E-state index is 0.00481. The van der Waals surface area contributed by atoms with Gasteiger partial charge >= 0.3 is 0 Å². The van der Waals surface area contributed by atoms with E-state index in [2.05, 4.69) is 51.6 Å². The first-order valence-electron chi connectivity index (χ1n) is 9.71. The van der Waals surface area contributed by atoms with Crippen molar-refractivity contribution in [3.63, 3.8) is 0 Å². The Balaban J connectivity index is 1.39. The molecule has 0 saturated carbocycles. The van der Waals surface area contributed by atoms with E-state index in [1.54, 1.807) is 0 Å². The standard InChI is InChI=1S/C22H26N4O/c1-17(21-24-25-22(27-21)18-9-3-2-4-10-18)23-15-19-11-5-6-12-20(19)16-26-13-7-8-14-26/h2-6,9-12,17,23H,7-8,13-16H2,1H3/t17-/m1/s1. The maximum atomic E-state index is 5.86. The molecule has 27 heavy (non-hydrogen) atoms. The number of hydrogen-bond donors (Lipinski definition) is 1. The van der Waals surface area contributed by atoms with Crippen molar-refractivity contribution in [2.24, 2.45) is 0 Å². The van der Waals surface area contributed by atoms with E-state index in [0.717, 1.165) is 18.7 Å². The first-order valence-corrected chi connectivity index (χ1v) is 9.71. The van der Waals surface area contributed by atoms with Gasteiger partial charge in [0, 0.05) is 18.7 Å². The number of benzene rings is 2. The fourth-order valence-corrected chi connectivity index (χ4v) is 3.52. The summed E-state index contributed by atoms with van der Waals surface area (Å²) in [4.78, 5) is 2.53. The van der Waals surface area contributed by atoms with Crippen LogP contribution in [0.4, 0.5) is 0 Å². The molecule has 5 nitrogen and oxygen atoms in total. The predicted octanol–water partition coefficient (Wildman–Crippen LogP) is 4.18. The molecule has 1 N–H and O–H groups in total.